The van der Waals surface area contributed by atoms with Crippen molar-refractivity contribution in [2.75, 3.05) is 19.8 Å². The lowest BCUT2D eigenvalue weighted by molar-refractivity contribution is -0.139. The Balaban J connectivity index is 2.97. The zero-order chi connectivity index (χ0) is 29.5. The van der Waals surface area contributed by atoms with E-state index in [4.69, 9.17) is 14.2 Å². The number of carbonyl (C=O) groups excluding carboxylic acids is 3. The van der Waals surface area contributed by atoms with Crippen LogP contribution in [0.15, 0.2) is 50.8 Å². The summed E-state index contributed by atoms with van der Waals surface area (Å²) in [7, 11) is 0. The highest BCUT2D eigenvalue weighted by Crippen LogP contribution is 2.00. The molecule has 0 saturated carbocycles. The van der Waals surface area contributed by atoms with Gasteiger partial charge in [0.25, 0.3) is 0 Å². The molecular formula is C27H39N3O9. The Morgan fingerprint density at radius 1 is 0.513 bits per heavy atom. The molecule has 39 heavy (non-hydrogen) atoms. The van der Waals surface area contributed by atoms with Gasteiger partial charge < -0.3 is 14.2 Å². The smallest absolute Gasteiger partial charge is 0.336 e. The van der Waals surface area contributed by atoms with Crippen molar-refractivity contribution in [2.45, 2.75) is 78.9 Å². The fraction of sp³-hybridized carbons (Fsp3) is 0.556. The maximum Gasteiger partial charge on any atom is 0.336 e. The Morgan fingerprint density at radius 3 is 0.949 bits per heavy atom. The van der Waals surface area contributed by atoms with Gasteiger partial charge in [0.15, 0.2) is 0 Å². The summed E-state index contributed by atoms with van der Waals surface area (Å²) in [5.41, 5.74) is -1.42. The van der Waals surface area contributed by atoms with Crippen LogP contribution in [0.25, 0.3) is 0 Å². The molecule has 0 aliphatic rings. The molecule has 0 aliphatic heterocycles. The molecule has 0 spiro atoms. The molecule has 0 unspecified atom stereocenters. The minimum absolute atomic E-state index is 0.0228. The van der Waals surface area contributed by atoms with Gasteiger partial charge in [-0.1, -0.05) is 19.7 Å². The molecule has 1 heterocycles. The average Bonchev–Trinajstić information content (AvgIpc) is 2.87. The number of ether oxygens (including phenoxy) is 3. The second-order valence-corrected chi connectivity index (χ2v) is 9.17. The molecule has 1 aromatic heterocycles. The summed E-state index contributed by atoms with van der Waals surface area (Å²) in [5.74, 6) is -1.57. The van der Waals surface area contributed by atoms with Crippen molar-refractivity contribution in [3.8, 4) is 0 Å². The Hall–Kier alpha value is -3.96. The van der Waals surface area contributed by atoms with E-state index in [0.29, 0.717) is 38.5 Å². The number of rotatable bonds is 18. The topological polar surface area (TPSA) is 145 Å². The van der Waals surface area contributed by atoms with Crippen molar-refractivity contribution in [1.29, 1.82) is 0 Å². The standard InChI is InChI=1S/C27H39N3O9/c1-19(2)22(31)37-16-10-7-13-28-25(34)29(14-8-11-17-38-23(32)20(3)4)27(36)30(26(28)35)15-9-12-18-39-24(33)21(5)6/h1,3,5,7-18H2,2,4,6H3. The minimum Gasteiger partial charge on any atom is -0.462 e. The number of hydrogen-bond acceptors (Lipinski definition) is 9. The highest BCUT2D eigenvalue weighted by Gasteiger charge is 2.16. The molecule has 1 rings (SSSR count). The Bertz CT molecular complexity index is 1070. The molecule has 1 aromatic rings. The van der Waals surface area contributed by atoms with Gasteiger partial charge >= 0.3 is 35.0 Å². The second kappa shape index (κ2) is 16.8. The van der Waals surface area contributed by atoms with Gasteiger partial charge in [-0.2, -0.15) is 0 Å². The van der Waals surface area contributed by atoms with Crippen molar-refractivity contribution in [1.82, 2.24) is 13.7 Å². The van der Waals surface area contributed by atoms with E-state index in [1.54, 1.807) is 0 Å². The van der Waals surface area contributed by atoms with E-state index in [2.05, 4.69) is 19.7 Å². The second-order valence-electron chi connectivity index (χ2n) is 9.17. The molecule has 0 N–H and O–H groups in total. The quantitative estimate of drug-likeness (QED) is 0.116. The van der Waals surface area contributed by atoms with Gasteiger partial charge in [-0.15, -0.1) is 0 Å². The maximum absolute atomic E-state index is 13.1. The van der Waals surface area contributed by atoms with E-state index in [1.165, 1.54) is 20.8 Å². The lowest BCUT2D eigenvalue weighted by Crippen LogP contribution is -2.54. The summed E-state index contributed by atoms with van der Waals surface area (Å²) in [4.78, 5) is 73.7. The van der Waals surface area contributed by atoms with Crippen LogP contribution in [0.3, 0.4) is 0 Å². The Kier molecular flexibility index (Phi) is 14.2. The molecule has 12 heteroatoms. The first-order chi connectivity index (χ1) is 18.4. The fourth-order valence-electron chi connectivity index (χ4n) is 3.24. The Labute approximate surface area is 227 Å². The zero-order valence-electron chi connectivity index (χ0n) is 23.1. The van der Waals surface area contributed by atoms with E-state index >= 15 is 0 Å². The third kappa shape index (κ3) is 11.1. The number of esters is 3. The van der Waals surface area contributed by atoms with Crippen molar-refractivity contribution in [3.05, 3.63) is 67.9 Å². The van der Waals surface area contributed by atoms with Gasteiger partial charge in [0.05, 0.1) is 19.8 Å². The highest BCUT2D eigenvalue weighted by atomic mass is 16.5. The van der Waals surface area contributed by atoms with Crippen molar-refractivity contribution >= 4 is 17.9 Å². The van der Waals surface area contributed by atoms with Gasteiger partial charge in [0.2, 0.25) is 0 Å². The highest BCUT2D eigenvalue weighted by molar-refractivity contribution is 5.87. The van der Waals surface area contributed by atoms with E-state index in [9.17, 15) is 28.8 Å². The lowest BCUT2D eigenvalue weighted by Gasteiger charge is -2.14. The molecule has 0 aliphatic carbocycles. The molecule has 0 atom stereocenters. The number of unbranched alkanes of at least 4 members (excludes halogenated alkanes) is 3. The summed E-state index contributed by atoms with van der Waals surface area (Å²) in [6.45, 7) is 15.5. The van der Waals surface area contributed by atoms with Crippen LogP contribution in [0.2, 0.25) is 0 Å². The number of hydrogen-bond donors (Lipinski definition) is 0. The van der Waals surface area contributed by atoms with E-state index in [1.807, 2.05) is 0 Å². The van der Waals surface area contributed by atoms with Gasteiger partial charge in [0.1, 0.15) is 0 Å². The summed E-state index contributed by atoms with van der Waals surface area (Å²) in [6.07, 6.45) is 2.24. The average molecular weight is 550 g/mol. The Morgan fingerprint density at radius 2 is 0.744 bits per heavy atom. The fourth-order valence-corrected chi connectivity index (χ4v) is 3.24. The molecule has 0 aromatic carbocycles. The molecule has 0 radical (unpaired) electrons. The SMILES string of the molecule is C=C(C)C(=O)OCCCCn1c(=O)n(CCCCOC(=O)C(=C)C)c(=O)n(CCCCOC(=O)C(=C)C)c1=O. The van der Waals surface area contributed by atoms with Crippen molar-refractivity contribution < 1.29 is 28.6 Å². The van der Waals surface area contributed by atoms with Crippen LogP contribution in [-0.4, -0.2) is 51.4 Å². The van der Waals surface area contributed by atoms with Gasteiger partial charge in [-0.25, -0.2) is 42.5 Å². The lowest BCUT2D eigenvalue weighted by atomic mass is 10.3. The van der Waals surface area contributed by atoms with Crippen molar-refractivity contribution in [2.24, 2.45) is 0 Å². The third-order valence-electron chi connectivity index (χ3n) is 5.46. The minimum atomic E-state index is -0.741. The van der Waals surface area contributed by atoms with Crippen LogP contribution in [-0.2, 0) is 48.2 Å². The zero-order valence-corrected chi connectivity index (χ0v) is 23.1. The number of aromatic nitrogens is 3. The molecule has 0 amide bonds. The first-order valence-electron chi connectivity index (χ1n) is 12.8. The molecule has 0 fully saturated rings. The molecule has 0 bridgehead atoms. The van der Waals surface area contributed by atoms with E-state index in [0.717, 1.165) is 13.7 Å². The normalized spacial score (nSPS) is 10.5. The van der Waals surface area contributed by atoms with E-state index < -0.39 is 35.0 Å². The van der Waals surface area contributed by atoms with Crippen LogP contribution in [0.5, 0.6) is 0 Å². The first-order valence-corrected chi connectivity index (χ1v) is 12.8. The van der Waals surface area contributed by atoms with E-state index in [-0.39, 0.29) is 56.2 Å². The largest absolute Gasteiger partial charge is 0.462 e. The van der Waals surface area contributed by atoms with Crippen LogP contribution in [0.4, 0.5) is 0 Å². The summed E-state index contributed by atoms with van der Waals surface area (Å²) < 4.78 is 18.1. The molecule has 12 nitrogen and oxygen atoms in total. The van der Waals surface area contributed by atoms with Crippen LogP contribution >= 0.6 is 0 Å². The van der Waals surface area contributed by atoms with Gasteiger partial charge in [-0.05, 0) is 59.3 Å². The summed E-state index contributed by atoms with van der Waals surface area (Å²) >= 11 is 0. The molecule has 0 saturated heterocycles. The van der Waals surface area contributed by atoms with Crippen molar-refractivity contribution in [3.63, 3.8) is 0 Å². The molecular weight excluding hydrogens is 510 g/mol. The van der Waals surface area contributed by atoms with Crippen LogP contribution in [0.1, 0.15) is 59.3 Å². The number of carbonyl (C=O) groups is 3. The predicted molar refractivity (Wildman–Crippen MR) is 144 cm³/mol. The summed E-state index contributed by atoms with van der Waals surface area (Å²) in [6, 6.07) is 0. The third-order valence-corrected chi connectivity index (χ3v) is 5.46. The summed E-state index contributed by atoms with van der Waals surface area (Å²) in [5, 5.41) is 0. The van der Waals surface area contributed by atoms with Crippen LogP contribution < -0.4 is 17.1 Å². The molecule has 216 valence electrons. The van der Waals surface area contributed by atoms with Gasteiger partial charge in [-0.3, -0.25) is 0 Å². The monoisotopic (exact) mass is 549 g/mol. The first kappa shape index (κ1) is 33.1. The van der Waals surface area contributed by atoms with Gasteiger partial charge in [0, 0.05) is 36.4 Å². The van der Waals surface area contributed by atoms with Crippen LogP contribution in [0, 0.1) is 0 Å². The predicted octanol–water partition coefficient (Wildman–Crippen LogP) is 1.87. The number of nitrogens with zero attached hydrogens (tertiary/aromatic N) is 3. The maximum atomic E-state index is 13.1.